The van der Waals surface area contributed by atoms with Crippen LogP contribution in [-0.2, 0) is 7.86 Å². The third-order valence-corrected chi connectivity index (χ3v) is 3.95. The zero-order valence-electron chi connectivity index (χ0n) is 11.9. The van der Waals surface area contributed by atoms with Crippen molar-refractivity contribution in [2.45, 2.75) is 0 Å². The summed E-state index contributed by atoms with van der Waals surface area (Å²) in [5, 5.41) is 0. The van der Waals surface area contributed by atoms with Crippen molar-refractivity contribution in [2.75, 3.05) is 44.7 Å². The van der Waals surface area contributed by atoms with Gasteiger partial charge in [-0.1, -0.05) is 18.2 Å². The lowest BCUT2D eigenvalue weighted by atomic mass is 10.3. The topological polar surface area (TPSA) is 53.1 Å². The number of benzene rings is 1. The van der Waals surface area contributed by atoms with E-state index in [9.17, 15) is 9.59 Å². The van der Waals surface area contributed by atoms with Crippen molar-refractivity contribution in [3.8, 4) is 0 Å². The van der Waals surface area contributed by atoms with Gasteiger partial charge in [-0.15, -0.1) is 0 Å². The molecular weight excluding hydrogens is 385 g/mol. The molecule has 21 heavy (non-hydrogen) atoms. The van der Waals surface area contributed by atoms with E-state index in [0.29, 0.717) is 32.7 Å². The van der Waals surface area contributed by atoms with Crippen LogP contribution in [0.3, 0.4) is 0 Å². The lowest BCUT2D eigenvalue weighted by Gasteiger charge is -2.33. The summed E-state index contributed by atoms with van der Waals surface area (Å²) in [5.74, 6) is 0.0473. The number of piperazine rings is 1. The summed E-state index contributed by atoms with van der Waals surface area (Å²) in [6, 6.07) is 9.56. The number of hydrogen-bond acceptors (Lipinski definition) is 4. The molecule has 1 fully saturated rings. The zero-order valence-corrected chi connectivity index (χ0v) is 14.0. The molecule has 0 aliphatic carbocycles. The number of anilines is 1. The molecule has 1 aromatic rings. The molecule has 7 heteroatoms. The Morgan fingerprint density at radius 3 is 2.38 bits per heavy atom. The molecule has 0 aromatic heterocycles. The highest BCUT2D eigenvalue weighted by Crippen LogP contribution is 2.12. The summed E-state index contributed by atoms with van der Waals surface area (Å²) in [5.41, 5.74) is 0.884. The van der Waals surface area contributed by atoms with Crippen LogP contribution in [-0.4, -0.2) is 61.6 Å². The quantitative estimate of drug-likeness (QED) is 0.722. The van der Waals surface area contributed by atoms with Gasteiger partial charge < -0.3 is 12.9 Å². The summed E-state index contributed by atoms with van der Waals surface area (Å²) in [6.45, 7) is 2.90. The van der Waals surface area contributed by atoms with Crippen LogP contribution in [0.2, 0.25) is 0 Å². The minimum Gasteiger partial charge on any atom is -0.378 e. The first kappa shape index (κ1) is 16.0. The Morgan fingerprint density at radius 2 is 1.81 bits per heavy atom. The Morgan fingerprint density at radius 1 is 1.19 bits per heavy atom. The average Bonchev–Trinajstić information content (AvgIpc) is 2.55. The smallest absolute Gasteiger partial charge is 0.378 e. The normalized spacial score (nSPS) is 15.6. The fourth-order valence-corrected chi connectivity index (χ4v) is 2.51. The predicted molar refractivity (Wildman–Crippen MR) is 88.4 cm³/mol. The third-order valence-electron chi connectivity index (χ3n) is 3.57. The van der Waals surface area contributed by atoms with Gasteiger partial charge in [-0.3, -0.25) is 9.69 Å². The molecule has 0 unspecified atom stereocenters. The Bertz CT molecular complexity index is 489. The zero-order chi connectivity index (χ0) is 15.2. The fraction of sp³-hybridized carbons (Fsp3) is 0.429. The van der Waals surface area contributed by atoms with Crippen LogP contribution in [0, 0.1) is 0 Å². The van der Waals surface area contributed by atoms with Crippen LogP contribution < -0.4 is 4.90 Å². The van der Waals surface area contributed by atoms with Gasteiger partial charge in [0, 0.05) is 38.9 Å². The lowest BCUT2D eigenvalue weighted by molar-refractivity contribution is -0.119. The number of hydrogen-bond donors (Lipinski definition) is 0. The number of para-hydroxylation sites is 1. The lowest BCUT2D eigenvalue weighted by Crippen LogP contribution is -2.51. The molecule has 2 rings (SSSR count). The van der Waals surface area contributed by atoms with E-state index in [2.05, 4.69) is 7.97 Å². The Kier molecular flexibility index (Phi) is 5.80. The van der Waals surface area contributed by atoms with Gasteiger partial charge >= 0.3 is 6.09 Å². The highest BCUT2D eigenvalue weighted by atomic mass is 127. The van der Waals surface area contributed by atoms with Gasteiger partial charge in [0.1, 0.15) is 0 Å². The molecular formula is C14H18IN3O3. The monoisotopic (exact) mass is 403 g/mol. The number of halogens is 1. The molecule has 1 heterocycles. The maximum atomic E-state index is 12.3. The van der Waals surface area contributed by atoms with E-state index in [1.807, 2.05) is 30.3 Å². The Hall–Kier alpha value is -1.35. The number of carbonyl (C=O) groups excluding carboxylic acids is 2. The van der Waals surface area contributed by atoms with E-state index >= 15 is 0 Å². The molecule has 0 saturated carbocycles. The molecule has 1 saturated heterocycles. The van der Waals surface area contributed by atoms with Crippen LogP contribution in [0.4, 0.5) is 10.5 Å². The van der Waals surface area contributed by atoms with Crippen molar-refractivity contribution in [3.05, 3.63) is 30.3 Å². The van der Waals surface area contributed by atoms with E-state index < -0.39 is 0 Å². The van der Waals surface area contributed by atoms with Crippen LogP contribution in [0.1, 0.15) is 0 Å². The highest BCUT2D eigenvalue weighted by Gasteiger charge is 2.24. The van der Waals surface area contributed by atoms with Gasteiger partial charge in [-0.2, -0.15) is 0 Å². The largest absolute Gasteiger partial charge is 0.419 e. The standard InChI is InChI=1S/C14H18IN3O3/c1-16(12-5-3-2-4-6-12)13(19)11-17-7-9-18(10-8-17)14(20)21-15/h2-6H,7-11H2,1H3. The summed E-state index contributed by atoms with van der Waals surface area (Å²) < 4.78 is 4.67. The van der Waals surface area contributed by atoms with E-state index in [0.717, 1.165) is 5.69 Å². The predicted octanol–water partition coefficient (Wildman–Crippen LogP) is 1.75. The van der Waals surface area contributed by atoms with Gasteiger partial charge in [0.25, 0.3) is 0 Å². The number of likely N-dealkylation sites (N-methyl/N-ethyl adjacent to an activating group) is 1. The van der Waals surface area contributed by atoms with Gasteiger partial charge in [-0.25, -0.2) is 4.79 Å². The first-order valence-corrected chi connectivity index (χ1v) is 7.61. The van der Waals surface area contributed by atoms with Crippen LogP contribution in [0.15, 0.2) is 30.3 Å². The second-order valence-corrected chi connectivity index (χ2v) is 5.33. The van der Waals surface area contributed by atoms with E-state index in [1.165, 1.54) is 0 Å². The maximum Gasteiger partial charge on any atom is 0.419 e. The molecule has 0 radical (unpaired) electrons. The summed E-state index contributed by atoms with van der Waals surface area (Å²) in [6.07, 6.45) is -0.317. The van der Waals surface area contributed by atoms with Crippen molar-refractivity contribution in [1.82, 2.24) is 9.80 Å². The van der Waals surface area contributed by atoms with Crippen molar-refractivity contribution < 1.29 is 12.7 Å². The molecule has 1 aliphatic heterocycles. The molecule has 0 spiro atoms. The summed E-state index contributed by atoms with van der Waals surface area (Å²) in [4.78, 5) is 29.0. The second-order valence-electron chi connectivity index (χ2n) is 4.89. The number of nitrogens with zero attached hydrogens (tertiary/aromatic N) is 3. The van der Waals surface area contributed by atoms with Crippen molar-refractivity contribution in [2.24, 2.45) is 0 Å². The van der Waals surface area contributed by atoms with E-state index in [4.69, 9.17) is 0 Å². The Balaban J connectivity index is 1.83. The highest BCUT2D eigenvalue weighted by molar-refractivity contribution is 14.1. The number of amides is 2. The first-order valence-electron chi connectivity index (χ1n) is 6.73. The number of rotatable bonds is 3. The van der Waals surface area contributed by atoms with Crippen molar-refractivity contribution >= 4 is 40.7 Å². The average molecular weight is 403 g/mol. The minimum absolute atomic E-state index is 0.0473. The van der Waals surface area contributed by atoms with Gasteiger partial charge in [0.05, 0.1) is 6.54 Å². The second kappa shape index (κ2) is 7.60. The van der Waals surface area contributed by atoms with Crippen molar-refractivity contribution in [1.29, 1.82) is 0 Å². The van der Waals surface area contributed by atoms with Crippen molar-refractivity contribution in [3.63, 3.8) is 0 Å². The van der Waals surface area contributed by atoms with Crippen LogP contribution in [0.25, 0.3) is 0 Å². The molecule has 1 aliphatic rings. The third kappa shape index (κ3) is 4.31. The van der Waals surface area contributed by atoms with E-state index in [1.54, 1.807) is 39.9 Å². The van der Waals surface area contributed by atoms with E-state index in [-0.39, 0.29) is 12.0 Å². The Labute approximate surface area is 138 Å². The summed E-state index contributed by atoms with van der Waals surface area (Å²) in [7, 11) is 1.78. The fourth-order valence-electron chi connectivity index (χ4n) is 2.23. The SMILES string of the molecule is CN(C(=O)CN1CCN(C(=O)OI)CC1)c1ccccc1. The van der Waals surface area contributed by atoms with Gasteiger partial charge in [-0.05, 0) is 12.1 Å². The van der Waals surface area contributed by atoms with Crippen LogP contribution in [0.5, 0.6) is 0 Å². The molecule has 1 aromatic carbocycles. The molecule has 0 bridgehead atoms. The van der Waals surface area contributed by atoms with Gasteiger partial charge in [0.2, 0.25) is 5.91 Å². The minimum atomic E-state index is -0.317. The number of carbonyl (C=O) groups is 2. The van der Waals surface area contributed by atoms with Gasteiger partial charge in [0.15, 0.2) is 23.0 Å². The molecule has 2 amide bonds. The molecule has 6 nitrogen and oxygen atoms in total. The van der Waals surface area contributed by atoms with Crippen LogP contribution >= 0.6 is 23.0 Å². The molecule has 114 valence electrons. The maximum absolute atomic E-state index is 12.3. The first-order chi connectivity index (χ1) is 10.1. The molecule has 0 atom stereocenters. The summed E-state index contributed by atoms with van der Waals surface area (Å²) >= 11 is 1.59. The molecule has 0 N–H and O–H groups in total.